The summed E-state index contributed by atoms with van der Waals surface area (Å²) in [7, 11) is 4.04. The van der Waals surface area contributed by atoms with Crippen LogP contribution >= 0.6 is 0 Å². The molecule has 2 nitrogen and oxygen atoms in total. The van der Waals surface area contributed by atoms with E-state index >= 15 is 0 Å². The molecule has 2 atom stereocenters. The number of carbonyl (C=O) groups is 1. The van der Waals surface area contributed by atoms with Gasteiger partial charge in [-0.2, -0.15) is 0 Å². The smallest absolute Gasteiger partial charge is 0.130 e. The summed E-state index contributed by atoms with van der Waals surface area (Å²) >= 11 is 0. The molecular weight excluding hydrogens is 150 g/mol. The molecule has 0 fully saturated rings. The van der Waals surface area contributed by atoms with Crippen LogP contribution in [0.25, 0.3) is 0 Å². The summed E-state index contributed by atoms with van der Waals surface area (Å²) in [4.78, 5) is 12.7. The second kappa shape index (κ2) is 3.68. The number of nitrogens with zero attached hydrogens (tertiary/aromatic N) is 1. The van der Waals surface area contributed by atoms with Gasteiger partial charge in [0.05, 0.1) is 5.92 Å². The minimum atomic E-state index is 0.00222. The molecule has 0 saturated carbocycles. The number of hydrogen-bond acceptors (Lipinski definition) is 2. The minimum Gasteiger partial charge on any atom is -0.303 e. The van der Waals surface area contributed by atoms with Gasteiger partial charge >= 0.3 is 0 Å². The lowest BCUT2D eigenvalue weighted by Crippen LogP contribution is -2.29. The fourth-order valence-corrected chi connectivity index (χ4v) is 1.35. The van der Waals surface area contributed by atoms with Crippen LogP contribution in [0.5, 0.6) is 0 Å². The van der Waals surface area contributed by atoms with Gasteiger partial charge in [0.1, 0.15) is 6.29 Å². The van der Waals surface area contributed by atoms with Gasteiger partial charge in [-0.1, -0.05) is 18.2 Å². The fourth-order valence-electron chi connectivity index (χ4n) is 1.35. The van der Waals surface area contributed by atoms with Crippen molar-refractivity contribution in [1.82, 2.24) is 4.90 Å². The van der Waals surface area contributed by atoms with Gasteiger partial charge in [0.25, 0.3) is 0 Å². The molecule has 0 aromatic rings. The fraction of sp³-hybridized carbons (Fsp3) is 0.500. The van der Waals surface area contributed by atoms with E-state index in [1.165, 1.54) is 5.57 Å². The highest BCUT2D eigenvalue weighted by atomic mass is 16.1. The number of carbonyl (C=O) groups excluding carboxylic acids is 1. The first kappa shape index (κ1) is 9.20. The van der Waals surface area contributed by atoms with Crippen molar-refractivity contribution >= 4 is 6.29 Å². The predicted octanol–water partition coefficient (Wildman–Crippen LogP) is 1.25. The lowest BCUT2D eigenvalue weighted by Gasteiger charge is -2.23. The molecule has 0 amide bonds. The molecule has 0 aliphatic heterocycles. The molecule has 0 heterocycles. The van der Waals surface area contributed by atoms with Crippen LogP contribution in [-0.2, 0) is 4.79 Å². The normalized spacial score (nSPS) is 24.3. The van der Waals surface area contributed by atoms with Gasteiger partial charge in [0.15, 0.2) is 0 Å². The van der Waals surface area contributed by atoms with Crippen LogP contribution in [0.2, 0.25) is 0 Å². The lowest BCUT2D eigenvalue weighted by atomic mass is 9.98. The van der Waals surface area contributed by atoms with Crippen LogP contribution in [0.4, 0.5) is 0 Å². The molecule has 1 aliphatic carbocycles. The number of likely N-dealkylation sites (N-methyl/N-ethyl adjacent to an activating group) is 1. The summed E-state index contributed by atoms with van der Waals surface area (Å²) in [6.45, 7) is 2.11. The highest BCUT2D eigenvalue weighted by molar-refractivity contribution is 5.65. The quantitative estimate of drug-likeness (QED) is 0.586. The maximum absolute atomic E-state index is 10.6. The van der Waals surface area contributed by atoms with Crippen molar-refractivity contribution in [3.05, 3.63) is 23.8 Å². The average Bonchev–Trinajstić information content (AvgIpc) is 2.49. The van der Waals surface area contributed by atoms with E-state index in [0.717, 1.165) is 6.29 Å². The van der Waals surface area contributed by atoms with E-state index in [-0.39, 0.29) is 5.92 Å². The summed E-state index contributed by atoms with van der Waals surface area (Å²) < 4.78 is 0. The van der Waals surface area contributed by atoms with Gasteiger partial charge in [-0.05, 0) is 26.6 Å². The molecule has 12 heavy (non-hydrogen) atoms. The summed E-state index contributed by atoms with van der Waals surface area (Å²) in [6.07, 6.45) is 6.91. The Morgan fingerprint density at radius 1 is 1.58 bits per heavy atom. The van der Waals surface area contributed by atoms with Gasteiger partial charge in [0.2, 0.25) is 0 Å². The van der Waals surface area contributed by atoms with E-state index in [9.17, 15) is 4.79 Å². The first-order valence-electron chi connectivity index (χ1n) is 4.17. The molecule has 2 heteroatoms. The molecule has 0 spiro atoms. The average molecular weight is 165 g/mol. The maximum atomic E-state index is 10.6. The molecule has 66 valence electrons. The van der Waals surface area contributed by atoms with Crippen molar-refractivity contribution in [1.29, 1.82) is 0 Å². The van der Waals surface area contributed by atoms with Crippen molar-refractivity contribution in [2.24, 2.45) is 5.92 Å². The van der Waals surface area contributed by atoms with Crippen molar-refractivity contribution < 1.29 is 4.79 Å². The summed E-state index contributed by atoms with van der Waals surface area (Å²) in [5.41, 5.74) is 1.19. The van der Waals surface area contributed by atoms with Gasteiger partial charge < -0.3 is 9.69 Å². The largest absolute Gasteiger partial charge is 0.303 e. The molecule has 1 unspecified atom stereocenters. The van der Waals surface area contributed by atoms with Crippen molar-refractivity contribution in [3.63, 3.8) is 0 Å². The van der Waals surface area contributed by atoms with Crippen LogP contribution in [0.15, 0.2) is 23.8 Å². The summed E-state index contributed by atoms with van der Waals surface area (Å²) in [6, 6.07) is 0.343. The molecule has 0 radical (unpaired) electrons. The Bertz CT molecular complexity index is 228. The Kier molecular flexibility index (Phi) is 2.82. The Hall–Kier alpha value is -0.890. The Labute approximate surface area is 73.6 Å². The van der Waals surface area contributed by atoms with E-state index in [1.807, 2.05) is 32.3 Å². The molecule has 1 rings (SSSR count). The third-order valence-corrected chi connectivity index (χ3v) is 2.40. The first-order chi connectivity index (χ1) is 5.66. The third kappa shape index (κ3) is 1.64. The minimum absolute atomic E-state index is 0.00222. The Morgan fingerprint density at radius 3 is 2.75 bits per heavy atom. The van der Waals surface area contributed by atoms with E-state index in [4.69, 9.17) is 0 Å². The van der Waals surface area contributed by atoms with Crippen molar-refractivity contribution in [2.45, 2.75) is 13.0 Å². The zero-order chi connectivity index (χ0) is 9.14. The third-order valence-electron chi connectivity index (χ3n) is 2.40. The van der Waals surface area contributed by atoms with E-state index in [2.05, 4.69) is 11.8 Å². The molecule has 1 aliphatic rings. The molecule has 0 aromatic heterocycles. The topological polar surface area (TPSA) is 20.3 Å². The summed E-state index contributed by atoms with van der Waals surface area (Å²) in [5, 5.41) is 0. The SMILES string of the molecule is C[C@@H](C1=CC=CC1C=O)N(C)C. The zero-order valence-electron chi connectivity index (χ0n) is 7.82. The molecule has 0 saturated heterocycles. The highest BCUT2D eigenvalue weighted by Gasteiger charge is 2.20. The molecule has 0 bridgehead atoms. The molecular formula is C10H15NO. The van der Waals surface area contributed by atoms with Crippen LogP contribution < -0.4 is 0 Å². The van der Waals surface area contributed by atoms with Crippen LogP contribution in [0.1, 0.15) is 6.92 Å². The van der Waals surface area contributed by atoms with Crippen LogP contribution in [0, 0.1) is 5.92 Å². The second-order valence-corrected chi connectivity index (χ2v) is 3.35. The number of allylic oxidation sites excluding steroid dienone is 3. The molecule has 0 aromatic carbocycles. The van der Waals surface area contributed by atoms with Crippen molar-refractivity contribution in [2.75, 3.05) is 14.1 Å². The molecule has 0 N–H and O–H groups in total. The highest BCUT2D eigenvalue weighted by Crippen LogP contribution is 2.22. The van der Waals surface area contributed by atoms with Crippen LogP contribution in [-0.4, -0.2) is 31.3 Å². The predicted molar refractivity (Wildman–Crippen MR) is 49.9 cm³/mol. The Balaban J connectivity index is 2.70. The second-order valence-electron chi connectivity index (χ2n) is 3.35. The Morgan fingerprint density at radius 2 is 2.25 bits per heavy atom. The van der Waals surface area contributed by atoms with Gasteiger partial charge in [-0.15, -0.1) is 0 Å². The first-order valence-corrected chi connectivity index (χ1v) is 4.17. The van der Waals surface area contributed by atoms with E-state index in [1.54, 1.807) is 0 Å². The monoisotopic (exact) mass is 165 g/mol. The van der Waals surface area contributed by atoms with Crippen LogP contribution in [0.3, 0.4) is 0 Å². The zero-order valence-corrected chi connectivity index (χ0v) is 7.82. The number of aldehydes is 1. The standard InChI is InChI=1S/C10H15NO/c1-8(11(2)3)10-6-4-5-9(10)7-12/h4-9H,1-3H3/t8-,9?/m0/s1. The summed E-state index contributed by atoms with van der Waals surface area (Å²) in [5.74, 6) is 0.00222. The van der Waals surface area contributed by atoms with E-state index in [0.29, 0.717) is 6.04 Å². The number of rotatable bonds is 3. The van der Waals surface area contributed by atoms with Crippen molar-refractivity contribution in [3.8, 4) is 0 Å². The lowest BCUT2D eigenvalue weighted by molar-refractivity contribution is -0.109. The maximum Gasteiger partial charge on any atom is 0.130 e. The van der Waals surface area contributed by atoms with E-state index < -0.39 is 0 Å². The van der Waals surface area contributed by atoms with Gasteiger partial charge in [-0.3, -0.25) is 0 Å². The van der Waals surface area contributed by atoms with Gasteiger partial charge in [0, 0.05) is 6.04 Å². The number of hydrogen-bond donors (Lipinski definition) is 0. The van der Waals surface area contributed by atoms with Gasteiger partial charge in [-0.25, -0.2) is 0 Å².